The first kappa shape index (κ1) is 17.3. The number of ether oxygens (including phenoxy) is 1. The summed E-state index contributed by atoms with van der Waals surface area (Å²) in [5.41, 5.74) is 2.53. The van der Waals surface area contributed by atoms with Crippen LogP contribution in [0.5, 0.6) is 5.75 Å². The number of furan rings is 1. The Labute approximate surface area is 164 Å². The molecule has 0 spiro atoms. The van der Waals surface area contributed by atoms with E-state index in [-0.39, 0.29) is 11.4 Å². The number of carbonyl (C=O) groups is 1. The Hall–Kier alpha value is -2.79. The molecule has 1 N–H and O–H groups in total. The molecule has 4 heterocycles. The molecule has 1 aromatic heterocycles. The molecule has 3 saturated heterocycles. The van der Waals surface area contributed by atoms with Crippen LogP contribution >= 0.6 is 0 Å². The van der Waals surface area contributed by atoms with Crippen molar-refractivity contribution < 1.29 is 13.9 Å². The monoisotopic (exact) mass is 376 g/mol. The highest BCUT2D eigenvalue weighted by atomic mass is 16.5. The second-order valence-corrected chi connectivity index (χ2v) is 7.86. The first-order valence-electron chi connectivity index (χ1n) is 9.88. The predicted octanol–water partition coefficient (Wildman–Crippen LogP) is 4.08. The number of para-hydroxylation sites is 2. The molecule has 0 unspecified atom stereocenters. The van der Waals surface area contributed by atoms with E-state index in [0.717, 1.165) is 61.2 Å². The number of nitrogens with one attached hydrogen (secondary N) is 1. The van der Waals surface area contributed by atoms with Gasteiger partial charge in [-0.15, -0.1) is 0 Å². The van der Waals surface area contributed by atoms with Crippen LogP contribution < -0.4 is 10.1 Å². The molecule has 2 bridgehead atoms. The maximum Gasteiger partial charge on any atom is 0.287 e. The Morgan fingerprint density at radius 2 is 1.75 bits per heavy atom. The van der Waals surface area contributed by atoms with Crippen LogP contribution in [0.1, 0.15) is 29.8 Å². The van der Waals surface area contributed by atoms with Crippen molar-refractivity contribution in [3.63, 3.8) is 0 Å². The molecule has 3 aromatic rings. The highest BCUT2D eigenvalue weighted by Crippen LogP contribution is 2.37. The van der Waals surface area contributed by atoms with E-state index in [1.165, 1.54) is 0 Å². The van der Waals surface area contributed by atoms with E-state index in [1.807, 2.05) is 48.5 Å². The Morgan fingerprint density at radius 1 is 1.04 bits per heavy atom. The van der Waals surface area contributed by atoms with Crippen molar-refractivity contribution in [2.45, 2.75) is 24.8 Å². The highest BCUT2D eigenvalue weighted by molar-refractivity contribution is 6.00. The fourth-order valence-corrected chi connectivity index (χ4v) is 4.57. The van der Waals surface area contributed by atoms with E-state index in [2.05, 4.69) is 10.2 Å². The van der Waals surface area contributed by atoms with Gasteiger partial charge in [-0.05, 0) is 31.4 Å². The van der Waals surface area contributed by atoms with Crippen molar-refractivity contribution in [2.75, 3.05) is 26.7 Å². The van der Waals surface area contributed by atoms with E-state index in [9.17, 15) is 4.79 Å². The molecular weight excluding hydrogens is 352 g/mol. The molecule has 144 valence electrons. The molecule has 0 aliphatic carbocycles. The number of amides is 1. The van der Waals surface area contributed by atoms with Crippen LogP contribution in [-0.2, 0) is 0 Å². The Kier molecular flexibility index (Phi) is 4.13. The van der Waals surface area contributed by atoms with Gasteiger partial charge in [-0.3, -0.25) is 4.79 Å². The molecule has 0 radical (unpaired) electrons. The molecule has 3 fully saturated rings. The zero-order valence-electron chi connectivity index (χ0n) is 16.0. The summed E-state index contributed by atoms with van der Waals surface area (Å²) in [5, 5.41) is 4.22. The number of carbonyl (C=O) groups excluding carboxylic acids is 1. The van der Waals surface area contributed by atoms with Gasteiger partial charge in [-0.2, -0.15) is 0 Å². The molecule has 5 nitrogen and oxygen atoms in total. The minimum absolute atomic E-state index is 0.0731. The smallest absolute Gasteiger partial charge is 0.287 e. The standard InChI is InChI=1S/C23H24N2O3/c1-27-19-8-3-2-6-17(19)18-7-4-5-16-15-20(28-21(16)18)22(26)24-23-9-12-25(13-10-23)14-11-23/h2-8,15H,9-14H2,1H3,(H,24,26). The summed E-state index contributed by atoms with van der Waals surface area (Å²) in [5.74, 6) is 1.04. The zero-order chi connectivity index (χ0) is 19.1. The molecule has 0 saturated carbocycles. The van der Waals surface area contributed by atoms with Crippen molar-refractivity contribution in [1.82, 2.24) is 10.2 Å². The quantitative estimate of drug-likeness (QED) is 0.746. The number of rotatable bonds is 4. The molecule has 5 heteroatoms. The topological polar surface area (TPSA) is 54.7 Å². The highest BCUT2D eigenvalue weighted by Gasteiger charge is 2.40. The maximum absolute atomic E-state index is 13.0. The summed E-state index contributed by atoms with van der Waals surface area (Å²) in [4.78, 5) is 15.5. The number of benzene rings is 2. The van der Waals surface area contributed by atoms with Crippen LogP contribution in [0.3, 0.4) is 0 Å². The first-order valence-corrected chi connectivity index (χ1v) is 9.88. The largest absolute Gasteiger partial charge is 0.496 e. The average Bonchev–Trinajstić information content (AvgIpc) is 3.19. The van der Waals surface area contributed by atoms with Gasteiger partial charge in [-0.25, -0.2) is 0 Å². The van der Waals surface area contributed by atoms with E-state index in [1.54, 1.807) is 7.11 Å². The second kappa shape index (κ2) is 6.67. The van der Waals surface area contributed by atoms with Gasteiger partial charge in [-0.1, -0.05) is 36.4 Å². The number of hydrogen-bond donors (Lipinski definition) is 1. The van der Waals surface area contributed by atoms with E-state index < -0.39 is 0 Å². The van der Waals surface area contributed by atoms with Crippen LogP contribution in [0.25, 0.3) is 22.1 Å². The molecular formula is C23H24N2O3. The molecule has 28 heavy (non-hydrogen) atoms. The van der Waals surface area contributed by atoms with Crippen molar-refractivity contribution in [3.05, 3.63) is 54.3 Å². The fourth-order valence-electron chi connectivity index (χ4n) is 4.57. The third kappa shape index (κ3) is 2.87. The lowest BCUT2D eigenvalue weighted by atomic mass is 9.80. The first-order chi connectivity index (χ1) is 13.7. The van der Waals surface area contributed by atoms with Crippen molar-refractivity contribution in [2.24, 2.45) is 0 Å². The van der Waals surface area contributed by atoms with Gasteiger partial charge in [0.1, 0.15) is 11.3 Å². The predicted molar refractivity (Wildman–Crippen MR) is 109 cm³/mol. The molecule has 2 aromatic carbocycles. The van der Waals surface area contributed by atoms with Gasteiger partial charge < -0.3 is 19.4 Å². The molecule has 3 aliphatic heterocycles. The average molecular weight is 376 g/mol. The minimum atomic E-state index is -0.113. The summed E-state index contributed by atoms with van der Waals surface area (Å²) >= 11 is 0. The zero-order valence-corrected chi connectivity index (χ0v) is 16.0. The van der Waals surface area contributed by atoms with Crippen LogP contribution in [0.15, 0.2) is 52.9 Å². The number of fused-ring (bicyclic) bond motifs is 4. The minimum Gasteiger partial charge on any atom is -0.496 e. The van der Waals surface area contributed by atoms with Crippen molar-refractivity contribution in [3.8, 4) is 16.9 Å². The number of methoxy groups -OCH3 is 1. The molecule has 3 aliphatic rings. The summed E-state index contributed by atoms with van der Waals surface area (Å²) in [7, 11) is 1.66. The van der Waals surface area contributed by atoms with Crippen LogP contribution in [0.2, 0.25) is 0 Å². The van der Waals surface area contributed by atoms with Gasteiger partial charge in [0.05, 0.1) is 7.11 Å². The lowest BCUT2D eigenvalue weighted by molar-refractivity contribution is 0.0502. The summed E-state index contributed by atoms with van der Waals surface area (Å²) in [6, 6.07) is 15.7. The summed E-state index contributed by atoms with van der Waals surface area (Å²) in [6.45, 7) is 3.20. The molecule has 1 amide bonds. The summed E-state index contributed by atoms with van der Waals surface area (Å²) in [6.07, 6.45) is 3.06. The van der Waals surface area contributed by atoms with Gasteiger partial charge in [0.15, 0.2) is 5.76 Å². The number of nitrogens with zero attached hydrogens (tertiary/aromatic N) is 1. The van der Waals surface area contributed by atoms with Gasteiger partial charge in [0.25, 0.3) is 5.91 Å². The second-order valence-electron chi connectivity index (χ2n) is 7.86. The maximum atomic E-state index is 13.0. The number of hydrogen-bond acceptors (Lipinski definition) is 4. The van der Waals surface area contributed by atoms with Crippen LogP contribution in [0.4, 0.5) is 0 Å². The van der Waals surface area contributed by atoms with Gasteiger partial charge in [0.2, 0.25) is 0 Å². The van der Waals surface area contributed by atoms with Gasteiger partial charge >= 0.3 is 0 Å². The van der Waals surface area contributed by atoms with Crippen LogP contribution in [-0.4, -0.2) is 43.1 Å². The van der Waals surface area contributed by atoms with E-state index >= 15 is 0 Å². The van der Waals surface area contributed by atoms with Crippen molar-refractivity contribution >= 4 is 16.9 Å². The Morgan fingerprint density at radius 3 is 2.50 bits per heavy atom. The third-order valence-electron chi connectivity index (χ3n) is 6.26. The van der Waals surface area contributed by atoms with Crippen LogP contribution in [0, 0.1) is 0 Å². The summed E-state index contributed by atoms with van der Waals surface area (Å²) < 4.78 is 11.6. The fraction of sp³-hybridized carbons (Fsp3) is 0.348. The SMILES string of the molecule is COc1ccccc1-c1cccc2cc(C(=O)NC34CCN(CC3)CC4)oc12. The van der Waals surface area contributed by atoms with Gasteiger partial charge in [0, 0.05) is 41.7 Å². The van der Waals surface area contributed by atoms with Crippen molar-refractivity contribution in [1.29, 1.82) is 0 Å². The molecule has 6 rings (SSSR count). The number of piperidine rings is 3. The Bertz CT molecular complexity index is 1020. The normalized spacial score (nSPS) is 23.7. The lowest BCUT2D eigenvalue weighted by Crippen LogP contribution is -2.60. The third-order valence-corrected chi connectivity index (χ3v) is 6.26. The van der Waals surface area contributed by atoms with E-state index in [4.69, 9.17) is 9.15 Å². The molecule has 0 atom stereocenters. The lowest BCUT2D eigenvalue weighted by Gasteiger charge is -2.48. The van der Waals surface area contributed by atoms with E-state index in [0.29, 0.717) is 11.3 Å². The Balaban J connectivity index is 1.49.